The van der Waals surface area contributed by atoms with Gasteiger partial charge in [0, 0.05) is 44.0 Å². The van der Waals surface area contributed by atoms with E-state index in [9.17, 15) is 9.59 Å². The maximum Gasteiger partial charge on any atom is 0.409 e. The van der Waals surface area contributed by atoms with Gasteiger partial charge in [-0.2, -0.15) is 5.10 Å². The lowest BCUT2D eigenvalue weighted by molar-refractivity contribution is -0.121. The van der Waals surface area contributed by atoms with Crippen LogP contribution in [-0.2, 0) is 16.1 Å². The zero-order valence-electron chi connectivity index (χ0n) is 13.9. The van der Waals surface area contributed by atoms with Crippen LogP contribution in [0.4, 0.5) is 4.79 Å². The summed E-state index contributed by atoms with van der Waals surface area (Å²) in [5.41, 5.74) is 1.11. The zero-order chi connectivity index (χ0) is 16.8. The Kier molecular flexibility index (Phi) is 5.68. The average molecular weight is 335 g/mol. The highest BCUT2D eigenvalue weighted by molar-refractivity contribution is 5.75. The number of nitrogens with zero attached hydrogens (tertiary/aromatic N) is 3. The summed E-state index contributed by atoms with van der Waals surface area (Å²) in [6, 6.07) is 1.99. The standard InChI is InChI=1S/C16H25N5O3/c22-15(18-7-9-20-8-2-10-24-16(20)23)12-21-14(4-6-19-21)13-3-1-5-17-11-13/h4,6,13,17H,1-3,5,7-12H2,(H,18,22). The lowest BCUT2D eigenvalue weighted by Crippen LogP contribution is -2.43. The first-order chi connectivity index (χ1) is 11.7. The molecule has 132 valence electrons. The molecule has 0 aliphatic carbocycles. The molecule has 2 aliphatic heterocycles. The van der Waals surface area contributed by atoms with Crippen molar-refractivity contribution in [2.24, 2.45) is 0 Å². The number of cyclic esters (lactones) is 1. The Morgan fingerprint density at radius 1 is 1.46 bits per heavy atom. The number of hydrogen-bond donors (Lipinski definition) is 2. The van der Waals surface area contributed by atoms with Gasteiger partial charge in [-0.3, -0.25) is 9.48 Å². The molecule has 1 atom stereocenters. The third kappa shape index (κ3) is 4.25. The van der Waals surface area contributed by atoms with Gasteiger partial charge in [-0.15, -0.1) is 0 Å². The van der Waals surface area contributed by atoms with Gasteiger partial charge in [-0.05, 0) is 31.9 Å². The van der Waals surface area contributed by atoms with Crippen molar-refractivity contribution in [1.29, 1.82) is 0 Å². The lowest BCUT2D eigenvalue weighted by atomic mass is 9.96. The van der Waals surface area contributed by atoms with E-state index in [1.807, 2.05) is 6.07 Å². The first-order valence-corrected chi connectivity index (χ1v) is 8.65. The largest absolute Gasteiger partial charge is 0.449 e. The molecule has 8 nitrogen and oxygen atoms in total. The fourth-order valence-corrected chi connectivity index (χ4v) is 3.25. The third-order valence-corrected chi connectivity index (χ3v) is 4.52. The Hall–Kier alpha value is -2.09. The van der Waals surface area contributed by atoms with Crippen molar-refractivity contribution in [2.45, 2.75) is 31.7 Å². The third-order valence-electron chi connectivity index (χ3n) is 4.52. The van der Waals surface area contributed by atoms with Crippen LogP contribution < -0.4 is 10.6 Å². The van der Waals surface area contributed by atoms with Gasteiger partial charge in [0.2, 0.25) is 5.91 Å². The van der Waals surface area contributed by atoms with Crippen molar-refractivity contribution in [3.8, 4) is 0 Å². The second kappa shape index (κ2) is 8.14. The predicted molar refractivity (Wildman–Crippen MR) is 87.6 cm³/mol. The Balaban J connectivity index is 1.45. The minimum atomic E-state index is -0.297. The molecule has 0 radical (unpaired) electrons. The van der Waals surface area contributed by atoms with E-state index in [2.05, 4.69) is 15.7 Å². The monoisotopic (exact) mass is 335 g/mol. The molecule has 2 saturated heterocycles. The van der Waals surface area contributed by atoms with E-state index in [0.717, 1.165) is 38.0 Å². The highest BCUT2D eigenvalue weighted by atomic mass is 16.6. The quantitative estimate of drug-likeness (QED) is 0.781. The van der Waals surface area contributed by atoms with Crippen LogP contribution in [0.1, 0.15) is 30.9 Å². The highest BCUT2D eigenvalue weighted by Gasteiger charge is 2.21. The van der Waals surface area contributed by atoms with Gasteiger partial charge in [-0.25, -0.2) is 4.79 Å². The summed E-state index contributed by atoms with van der Waals surface area (Å²) in [7, 11) is 0. The van der Waals surface area contributed by atoms with Gasteiger partial charge in [0.05, 0.1) is 6.61 Å². The van der Waals surface area contributed by atoms with Crippen LogP contribution in [0.3, 0.4) is 0 Å². The molecule has 1 aromatic rings. The summed E-state index contributed by atoms with van der Waals surface area (Å²) in [5.74, 6) is 0.325. The summed E-state index contributed by atoms with van der Waals surface area (Å²) in [4.78, 5) is 25.3. The number of ether oxygens (including phenoxy) is 1. The molecule has 24 heavy (non-hydrogen) atoms. The van der Waals surface area contributed by atoms with Gasteiger partial charge < -0.3 is 20.3 Å². The minimum Gasteiger partial charge on any atom is -0.449 e. The van der Waals surface area contributed by atoms with Crippen LogP contribution in [0, 0.1) is 0 Å². The van der Waals surface area contributed by atoms with Gasteiger partial charge >= 0.3 is 6.09 Å². The van der Waals surface area contributed by atoms with E-state index in [0.29, 0.717) is 32.2 Å². The van der Waals surface area contributed by atoms with Crippen LogP contribution in [0.15, 0.2) is 12.3 Å². The van der Waals surface area contributed by atoms with Crippen LogP contribution in [0.25, 0.3) is 0 Å². The van der Waals surface area contributed by atoms with E-state index in [1.54, 1.807) is 15.8 Å². The van der Waals surface area contributed by atoms with Crippen molar-refractivity contribution < 1.29 is 14.3 Å². The van der Waals surface area contributed by atoms with Gasteiger partial charge in [0.25, 0.3) is 0 Å². The average Bonchev–Trinajstić information content (AvgIpc) is 3.05. The Bertz CT molecular complexity index is 568. The van der Waals surface area contributed by atoms with E-state index in [-0.39, 0.29) is 18.5 Å². The molecular weight excluding hydrogens is 310 g/mol. The summed E-state index contributed by atoms with van der Waals surface area (Å²) >= 11 is 0. The molecule has 1 unspecified atom stereocenters. The fraction of sp³-hybridized carbons (Fsp3) is 0.688. The summed E-state index contributed by atoms with van der Waals surface area (Å²) < 4.78 is 6.75. The van der Waals surface area contributed by atoms with Crippen molar-refractivity contribution in [1.82, 2.24) is 25.3 Å². The molecule has 0 aromatic carbocycles. The molecule has 2 amide bonds. The highest BCUT2D eigenvalue weighted by Crippen LogP contribution is 2.22. The van der Waals surface area contributed by atoms with Crippen molar-refractivity contribution in [3.63, 3.8) is 0 Å². The number of hydrogen-bond acceptors (Lipinski definition) is 5. The summed E-state index contributed by atoms with van der Waals surface area (Å²) in [5, 5.41) is 10.5. The van der Waals surface area contributed by atoms with E-state index in [1.165, 1.54) is 0 Å². The van der Waals surface area contributed by atoms with Crippen LogP contribution in [0.2, 0.25) is 0 Å². The number of amides is 2. The van der Waals surface area contributed by atoms with Crippen molar-refractivity contribution in [3.05, 3.63) is 18.0 Å². The Morgan fingerprint density at radius 2 is 2.38 bits per heavy atom. The number of rotatable bonds is 6. The predicted octanol–water partition coefficient (Wildman–Crippen LogP) is 0.309. The van der Waals surface area contributed by atoms with Crippen molar-refractivity contribution in [2.75, 3.05) is 39.3 Å². The first kappa shape index (κ1) is 16.8. The molecular formula is C16H25N5O3. The topological polar surface area (TPSA) is 88.5 Å². The number of nitrogens with one attached hydrogen (secondary N) is 2. The molecule has 2 fully saturated rings. The maximum atomic E-state index is 12.1. The van der Waals surface area contributed by atoms with Gasteiger partial charge in [-0.1, -0.05) is 0 Å². The zero-order valence-corrected chi connectivity index (χ0v) is 13.9. The molecule has 0 spiro atoms. The van der Waals surface area contributed by atoms with E-state index >= 15 is 0 Å². The van der Waals surface area contributed by atoms with Gasteiger partial charge in [0.1, 0.15) is 6.54 Å². The molecule has 0 saturated carbocycles. The SMILES string of the molecule is O=C(Cn1nccc1C1CCCNC1)NCCN1CCCOC1=O. The first-order valence-electron chi connectivity index (χ1n) is 8.65. The van der Waals surface area contributed by atoms with Crippen LogP contribution in [0.5, 0.6) is 0 Å². The van der Waals surface area contributed by atoms with Crippen molar-refractivity contribution >= 4 is 12.0 Å². The number of piperidine rings is 1. The number of aromatic nitrogens is 2. The molecule has 8 heteroatoms. The van der Waals surface area contributed by atoms with E-state index < -0.39 is 0 Å². The molecule has 2 N–H and O–H groups in total. The summed E-state index contributed by atoms with van der Waals surface area (Å²) in [6.45, 7) is 4.28. The molecule has 2 aliphatic rings. The second-order valence-electron chi connectivity index (χ2n) is 6.26. The lowest BCUT2D eigenvalue weighted by Gasteiger charge is -2.26. The van der Waals surface area contributed by atoms with Crippen LogP contribution >= 0.6 is 0 Å². The second-order valence-corrected chi connectivity index (χ2v) is 6.26. The normalized spacial score (nSPS) is 21.4. The Morgan fingerprint density at radius 3 is 3.17 bits per heavy atom. The fourth-order valence-electron chi connectivity index (χ4n) is 3.25. The maximum absolute atomic E-state index is 12.1. The number of carbonyl (C=O) groups excluding carboxylic acids is 2. The minimum absolute atomic E-state index is 0.0888. The summed E-state index contributed by atoms with van der Waals surface area (Å²) in [6.07, 6.45) is 4.56. The smallest absolute Gasteiger partial charge is 0.409 e. The van der Waals surface area contributed by atoms with Gasteiger partial charge in [0.15, 0.2) is 0 Å². The molecule has 1 aromatic heterocycles. The molecule has 3 rings (SSSR count). The Labute approximate surface area is 141 Å². The molecule has 0 bridgehead atoms. The van der Waals surface area contributed by atoms with Crippen LogP contribution in [-0.4, -0.2) is 66.0 Å². The number of carbonyl (C=O) groups is 2. The van der Waals surface area contributed by atoms with E-state index in [4.69, 9.17) is 4.74 Å². The molecule has 3 heterocycles.